The molecule has 8 N–H and O–H groups in total. The van der Waals surface area contributed by atoms with Gasteiger partial charge in [-0.1, -0.05) is 88.4 Å². The van der Waals surface area contributed by atoms with Crippen LogP contribution >= 0.6 is 0 Å². The largest absolute Gasteiger partial charge is 0.388 e. The third kappa shape index (κ3) is 8.71. The summed E-state index contributed by atoms with van der Waals surface area (Å²) in [4.78, 5) is 25.6. The molecule has 0 fully saturated rings. The minimum atomic E-state index is -1.39. The average Bonchev–Trinajstić information content (AvgIpc) is 2.86. The Morgan fingerprint density at radius 2 is 0.972 bits per heavy atom. The number of benzene rings is 2. The molecule has 0 heterocycles. The van der Waals surface area contributed by atoms with Crippen LogP contribution in [-0.4, -0.2) is 58.4 Å². The van der Waals surface area contributed by atoms with Crippen molar-refractivity contribution in [2.45, 2.75) is 76.9 Å². The second kappa shape index (κ2) is 14.1. The van der Waals surface area contributed by atoms with Crippen molar-refractivity contribution in [2.75, 3.05) is 0 Å². The van der Waals surface area contributed by atoms with Crippen molar-refractivity contribution in [2.24, 2.45) is 23.3 Å². The Bertz CT molecular complexity index is 862. The second-order valence-corrected chi connectivity index (χ2v) is 10.1. The molecule has 0 radical (unpaired) electrons. The molecule has 6 atom stereocenters. The van der Waals surface area contributed by atoms with Crippen LogP contribution in [-0.2, 0) is 22.4 Å². The number of nitrogens with one attached hydrogen (secondary N) is 2. The monoisotopic (exact) mass is 498 g/mol. The van der Waals surface area contributed by atoms with E-state index < -0.39 is 48.2 Å². The number of aliphatic hydroxyl groups is 2. The SMILES string of the molecule is CC(C)[C@H](N)C(=O)N[C@@H](Cc1ccccc1)[C@H](O)[C@@H](O)[C@H](Cc1ccccc1)NC(=O)[C@@H](N)C(C)C. The lowest BCUT2D eigenvalue weighted by Gasteiger charge is -2.34. The zero-order chi connectivity index (χ0) is 26.8. The molecular formula is C28H42N4O4. The van der Waals surface area contributed by atoms with E-state index in [2.05, 4.69) is 10.6 Å². The maximum atomic E-state index is 12.8. The Morgan fingerprint density at radius 1 is 0.667 bits per heavy atom. The number of carbonyl (C=O) groups is 2. The van der Waals surface area contributed by atoms with Gasteiger partial charge in [-0.3, -0.25) is 9.59 Å². The fraction of sp³-hybridized carbons (Fsp3) is 0.500. The highest BCUT2D eigenvalue weighted by Gasteiger charge is 2.36. The summed E-state index contributed by atoms with van der Waals surface area (Å²) in [5.74, 6) is -1.04. The van der Waals surface area contributed by atoms with Gasteiger partial charge in [0, 0.05) is 0 Å². The van der Waals surface area contributed by atoms with Crippen LogP contribution in [0.5, 0.6) is 0 Å². The van der Waals surface area contributed by atoms with Gasteiger partial charge in [0.15, 0.2) is 0 Å². The van der Waals surface area contributed by atoms with Gasteiger partial charge in [-0.2, -0.15) is 0 Å². The average molecular weight is 499 g/mol. The summed E-state index contributed by atoms with van der Waals surface area (Å²) in [6.07, 6.45) is -2.24. The standard InChI is InChI=1S/C28H42N4O4/c1-17(2)23(29)27(35)31-21(15-19-11-7-5-8-12-19)25(33)26(34)22(16-20-13-9-6-10-14-20)32-28(36)24(30)18(3)4/h5-14,17-18,21-26,33-34H,15-16,29-30H2,1-4H3,(H,31,35)(H,32,36)/t21-,22-,23-,24-,25-,26-/m0/s1. The number of carbonyl (C=O) groups excluding carboxylic acids is 2. The zero-order valence-corrected chi connectivity index (χ0v) is 21.7. The molecule has 0 saturated heterocycles. The summed E-state index contributed by atoms with van der Waals surface area (Å²) in [6, 6.07) is 15.5. The van der Waals surface area contributed by atoms with Gasteiger partial charge in [-0.05, 0) is 35.8 Å². The molecule has 0 aliphatic carbocycles. The van der Waals surface area contributed by atoms with Gasteiger partial charge in [0.2, 0.25) is 11.8 Å². The van der Waals surface area contributed by atoms with E-state index >= 15 is 0 Å². The Balaban J connectivity index is 2.32. The summed E-state index contributed by atoms with van der Waals surface area (Å²) >= 11 is 0. The molecule has 8 nitrogen and oxygen atoms in total. The number of aliphatic hydroxyl groups excluding tert-OH is 2. The molecule has 0 aliphatic heterocycles. The first-order valence-corrected chi connectivity index (χ1v) is 12.6. The van der Waals surface area contributed by atoms with Crippen molar-refractivity contribution in [3.05, 3.63) is 71.8 Å². The summed E-state index contributed by atoms with van der Waals surface area (Å²) in [7, 11) is 0. The minimum absolute atomic E-state index is 0.105. The van der Waals surface area contributed by atoms with Gasteiger partial charge in [0.05, 0.1) is 24.2 Å². The van der Waals surface area contributed by atoms with Crippen molar-refractivity contribution >= 4 is 11.8 Å². The van der Waals surface area contributed by atoms with E-state index in [1.54, 1.807) is 0 Å². The smallest absolute Gasteiger partial charge is 0.237 e. The van der Waals surface area contributed by atoms with Crippen LogP contribution in [0.15, 0.2) is 60.7 Å². The maximum Gasteiger partial charge on any atom is 0.237 e. The quantitative estimate of drug-likeness (QED) is 0.244. The molecule has 8 heteroatoms. The van der Waals surface area contributed by atoms with Gasteiger partial charge in [-0.25, -0.2) is 0 Å². The van der Waals surface area contributed by atoms with E-state index in [0.717, 1.165) is 11.1 Å². The minimum Gasteiger partial charge on any atom is -0.388 e. The first-order chi connectivity index (χ1) is 17.0. The lowest BCUT2D eigenvalue weighted by Crippen LogP contribution is -2.60. The fourth-order valence-electron chi connectivity index (χ4n) is 3.89. The fourth-order valence-corrected chi connectivity index (χ4v) is 3.89. The summed E-state index contributed by atoms with van der Waals surface area (Å²) < 4.78 is 0. The molecule has 0 spiro atoms. The van der Waals surface area contributed by atoms with Crippen molar-refractivity contribution in [1.29, 1.82) is 0 Å². The first-order valence-electron chi connectivity index (χ1n) is 12.6. The lowest BCUT2D eigenvalue weighted by molar-refractivity contribution is -0.128. The molecule has 0 aliphatic rings. The summed E-state index contributed by atoms with van der Waals surface area (Å²) in [6.45, 7) is 7.35. The first kappa shape index (κ1) is 29.5. The second-order valence-electron chi connectivity index (χ2n) is 10.1. The van der Waals surface area contributed by atoms with E-state index in [1.165, 1.54) is 0 Å². The van der Waals surface area contributed by atoms with Crippen LogP contribution in [0.3, 0.4) is 0 Å². The van der Waals surface area contributed by atoms with Gasteiger partial charge in [0.1, 0.15) is 12.2 Å². The van der Waals surface area contributed by atoms with Gasteiger partial charge >= 0.3 is 0 Å². The summed E-state index contributed by atoms with van der Waals surface area (Å²) in [5, 5.41) is 28.3. The van der Waals surface area contributed by atoms with Gasteiger partial charge in [0.25, 0.3) is 0 Å². The van der Waals surface area contributed by atoms with Gasteiger partial charge < -0.3 is 32.3 Å². The number of hydrogen-bond donors (Lipinski definition) is 6. The van der Waals surface area contributed by atoms with Crippen molar-refractivity contribution in [3.8, 4) is 0 Å². The molecule has 2 aromatic rings. The third-order valence-electron chi connectivity index (χ3n) is 6.47. The molecule has 36 heavy (non-hydrogen) atoms. The lowest BCUT2D eigenvalue weighted by atomic mass is 9.90. The van der Waals surface area contributed by atoms with Crippen LogP contribution in [0.4, 0.5) is 0 Å². The predicted molar refractivity (Wildman–Crippen MR) is 142 cm³/mol. The van der Waals surface area contributed by atoms with Crippen molar-refractivity contribution < 1.29 is 19.8 Å². The normalized spacial score (nSPS) is 16.6. The van der Waals surface area contributed by atoms with Crippen LogP contribution in [0.25, 0.3) is 0 Å². The Hall–Kier alpha value is -2.78. The maximum absolute atomic E-state index is 12.8. The molecule has 0 bridgehead atoms. The van der Waals surface area contributed by atoms with Crippen LogP contribution in [0.2, 0.25) is 0 Å². The molecular weight excluding hydrogens is 456 g/mol. The van der Waals surface area contributed by atoms with Crippen LogP contribution in [0.1, 0.15) is 38.8 Å². The van der Waals surface area contributed by atoms with Crippen molar-refractivity contribution in [3.63, 3.8) is 0 Å². The Morgan fingerprint density at radius 3 is 1.25 bits per heavy atom. The number of hydrogen-bond acceptors (Lipinski definition) is 6. The molecule has 0 aromatic heterocycles. The highest BCUT2D eigenvalue weighted by atomic mass is 16.3. The highest BCUT2D eigenvalue weighted by molar-refractivity contribution is 5.82. The Kier molecular flexibility index (Phi) is 11.5. The van der Waals surface area contributed by atoms with Crippen LogP contribution in [0, 0.1) is 11.8 Å². The summed E-state index contributed by atoms with van der Waals surface area (Å²) in [5.41, 5.74) is 13.8. The van der Waals surface area contributed by atoms with Gasteiger partial charge in [-0.15, -0.1) is 0 Å². The number of amides is 2. The van der Waals surface area contributed by atoms with E-state index in [0.29, 0.717) is 0 Å². The molecule has 2 aromatic carbocycles. The predicted octanol–water partition coefficient (Wildman–Crippen LogP) is 1.13. The molecule has 0 saturated carbocycles. The molecule has 2 amide bonds. The zero-order valence-electron chi connectivity index (χ0n) is 21.7. The Labute approximate surface area is 214 Å². The third-order valence-corrected chi connectivity index (χ3v) is 6.47. The van der Waals surface area contributed by atoms with E-state index in [-0.39, 0.29) is 24.7 Å². The molecule has 0 unspecified atom stereocenters. The van der Waals surface area contributed by atoms with E-state index in [1.807, 2.05) is 88.4 Å². The van der Waals surface area contributed by atoms with E-state index in [9.17, 15) is 19.8 Å². The van der Waals surface area contributed by atoms with Crippen LogP contribution < -0.4 is 22.1 Å². The van der Waals surface area contributed by atoms with E-state index in [4.69, 9.17) is 11.5 Å². The molecule has 198 valence electrons. The molecule has 2 rings (SSSR count). The van der Waals surface area contributed by atoms with Crippen molar-refractivity contribution in [1.82, 2.24) is 10.6 Å². The highest BCUT2D eigenvalue weighted by Crippen LogP contribution is 2.16. The number of rotatable bonds is 13. The number of nitrogens with two attached hydrogens (primary N) is 2. The topological polar surface area (TPSA) is 151 Å².